The number of rotatable bonds is 7. The van der Waals surface area contributed by atoms with Crippen LogP contribution in [0.4, 0.5) is 0 Å². The molecular formula is C24H28N4O3S. The van der Waals surface area contributed by atoms with Crippen LogP contribution in [-0.4, -0.2) is 48.0 Å². The van der Waals surface area contributed by atoms with Crippen molar-refractivity contribution in [2.45, 2.75) is 38.0 Å². The van der Waals surface area contributed by atoms with Gasteiger partial charge in [0.1, 0.15) is 0 Å². The molecule has 1 aliphatic rings. The van der Waals surface area contributed by atoms with Gasteiger partial charge < -0.3 is 5.32 Å². The van der Waals surface area contributed by atoms with Crippen molar-refractivity contribution in [1.29, 1.82) is 0 Å². The predicted octanol–water partition coefficient (Wildman–Crippen LogP) is 3.25. The Morgan fingerprint density at radius 1 is 1.03 bits per heavy atom. The molecule has 4 rings (SSSR count). The summed E-state index contributed by atoms with van der Waals surface area (Å²) in [5, 5.41) is 7.38. The van der Waals surface area contributed by atoms with Crippen molar-refractivity contribution >= 4 is 15.9 Å². The van der Waals surface area contributed by atoms with Crippen LogP contribution in [0.15, 0.2) is 59.5 Å². The Morgan fingerprint density at radius 3 is 2.41 bits per heavy atom. The van der Waals surface area contributed by atoms with Gasteiger partial charge in [0.15, 0.2) is 0 Å². The topological polar surface area (TPSA) is 84.3 Å². The molecule has 0 unspecified atom stereocenters. The molecule has 168 valence electrons. The molecule has 7 nitrogen and oxygen atoms in total. The summed E-state index contributed by atoms with van der Waals surface area (Å²) in [7, 11) is -3.54. The quantitative estimate of drug-likeness (QED) is 0.596. The van der Waals surface area contributed by atoms with Crippen LogP contribution in [0.2, 0.25) is 0 Å². The average Bonchev–Trinajstić information content (AvgIpc) is 3.44. The van der Waals surface area contributed by atoms with Crippen LogP contribution in [-0.2, 0) is 16.4 Å². The molecule has 3 aromatic rings. The van der Waals surface area contributed by atoms with Crippen molar-refractivity contribution in [3.05, 3.63) is 77.1 Å². The first-order valence-corrected chi connectivity index (χ1v) is 12.3. The molecule has 32 heavy (non-hydrogen) atoms. The molecule has 0 spiro atoms. The standard InChI is InChI=1S/C24H28N4O3S/c1-18-16-19(2)28(26-18)22-10-8-20(9-11-22)12-13-25-24(29)21-6-5-7-23(17-21)32(30,31)27-14-3-4-15-27/h5-11,16-17H,3-4,12-15H2,1-2H3,(H,25,29). The summed E-state index contributed by atoms with van der Waals surface area (Å²) >= 11 is 0. The Balaban J connectivity index is 1.36. The number of amides is 1. The van der Waals surface area contributed by atoms with E-state index in [2.05, 4.69) is 10.4 Å². The molecule has 1 aromatic heterocycles. The Hall–Kier alpha value is -2.97. The van der Waals surface area contributed by atoms with Crippen LogP contribution in [0.25, 0.3) is 5.69 Å². The lowest BCUT2D eigenvalue weighted by atomic mass is 10.1. The third-order valence-corrected chi connectivity index (χ3v) is 7.58. The van der Waals surface area contributed by atoms with Crippen LogP contribution in [0, 0.1) is 13.8 Å². The van der Waals surface area contributed by atoms with E-state index in [9.17, 15) is 13.2 Å². The third kappa shape index (κ3) is 4.76. The van der Waals surface area contributed by atoms with Gasteiger partial charge in [0.25, 0.3) is 5.91 Å². The molecule has 2 aromatic carbocycles. The minimum absolute atomic E-state index is 0.173. The summed E-state index contributed by atoms with van der Waals surface area (Å²) in [5.74, 6) is -0.275. The number of nitrogens with one attached hydrogen (secondary N) is 1. The molecule has 0 radical (unpaired) electrons. The van der Waals surface area contributed by atoms with E-state index in [0.29, 0.717) is 31.6 Å². The number of benzene rings is 2. The predicted molar refractivity (Wildman–Crippen MR) is 124 cm³/mol. The Bertz CT molecular complexity index is 1210. The number of sulfonamides is 1. The molecule has 1 saturated heterocycles. The number of hydrogen-bond donors (Lipinski definition) is 1. The molecule has 1 N–H and O–H groups in total. The smallest absolute Gasteiger partial charge is 0.251 e. The van der Waals surface area contributed by atoms with E-state index in [-0.39, 0.29) is 10.8 Å². The Kier molecular flexibility index (Phi) is 6.43. The molecule has 1 aliphatic heterocycles. The third-order valence-electron chi connectivity index (χ3n) is 5.69. The van der Waals surface area contributed by atoms with E-state index < -0.39 is 10.0 Å². The van der Waals surface area contributed by atoms with Crippen molar-refractivity contribution in [3.63, 3.8) is 0 Å². The second kappa shape index (κ2) is 9.26. The molecule has 2 heterocycles. The lowest BCUT2D eigenvalue weighted by Gasteiger charge is -2.16. The van der Waals surface area contributed by atoms with E-state index in [4.69, 9.17) is 0 Å². The number of nitrogens with zero attached hydrogens (tertiary/aromatic N) is 3. The minimum Gasteiger partial charge on any atom is -0.352 e. The molecule has 1 fully saturated rings. The monoisotopic (exact) mass is 452 g/mol. The van der Waals surface area contributed by atoms with Gasteiger partial charge in [-0.25, -0.2) is 13.1 Å². The summed E-state index contributed by atoms with van der Waals surface area (Å²) in [4.78, 5) is 12.8. The highest BCUT2D eigenvalue weighted by molar-refractivity contribution is 7.89. The number of carbonyl (C=O) groups excluding carboxylic acids is 1. The number of aromatic nitrogens is 2. The van der Waals surface area contributed by atoms with Crippen LogP contribution in [0.5, 0.6) is 0 Å². The van der Waals surface area contributed by atoms with Gasteiger partial charge in [-0.1, -0.05) is 18.2 Å². The van der Waals surface area contributed by atoms with E-state index >= 15 is 0 Å². The summed E-state index contributed by atoms with van der Waals surface area (Å²) in [5.41, 5.74) is 4.51. The Labute approximate surface area is 189 Å². The highest BCUT2D eigenvalue weighted by atomic mass is 32.2. The van der Waals surface area contributed by atoms with Crippen LogP contribution >= 0.6 is 0 Å². The second-order valence-corrected chi connectivity index (χ2v) is 10.1. The van der Waals surface area contributed by atoms with Gasteiger partial charge >= 0.3 is 0 Å². The SMILES string of the molecule is Cc1cc(C)n(-c2ccc(CCNC(=O)c3cccc(S(=O)(=O)N4CCCC4)c3)cc2)n1. The molecule has 0 atom stereocenters. The van der Waals surface area contributed by atoms with Crippen molar-refractivity contribution in [2.24, 2.45) is 0 Å². The zero-order valence-corrected chi connectivity index (χ0v) is 19.2. The van der Waals surface area contributed by atoms with Crippen LogP contribution in [0.3, 0.4) is 0 Å². The normalized spacial score (nSPS) is 14.6. The van der Waals surface area contributed by atoms with Crippen molar-refractivity contribution in [3.8, 4) is 5.69 Å². The summed E-state index contributed by atoms with van der Waals surface area (Å²) in [6.07, 6.45) is 2.43. The van der Waals surface area contributed by atoms with Crippen LogP contribution in [0.1, 0.15) is 40.2 Å². The maximum absolute atomic E-state index is 12.7. The maximum Gasteiger partial charge on any atom is 0.251 e. The van der Waals surface area contributed by atoms with E-state index in [1.165, 1.54) is 10.4 Å². The van der Waals surface area contributed by atoms with Crippen molar-refractivity contribution in [1.82, 2.24) is 19.4 Å². The largest absolute Gasteiger partial charge is 0.352 e. The molecule has 0 aliphatic carbocycles. The number of carbonyl (C=O) groups is 1. The van der Waals surface area contributed by atoms with Gasteiger partial charge in [0, 0.05) is 30.9 Å². The summed E-state index contributed by atoms with van der Waals surface area (Å²) < 4.78 is 28.9. The average molecular weight is 453 g/mol. The molecule has 8 heteroatoms. The molecule has 0 saturated carbocycles. The highest BCUT2D eigenvalue weighted by Gasteiger charge is 2.27. The zero-order valence-electron chi connectivity index (χ0n) is 18.4. The fourth-order valence-corrected chi connectivity index (χ4v) is 5.56. The first-order chi connectivity index (χ1) is 15.3. The molecular weight excluding hydrogens is 424 g/mol. The van der Waals surface area contributed by atoms with Gasteiger partial charge in [-0.2, -0.15) is 9.40 Å². The minimum atomic E-state index is -3.54. The highest BCUT2D eigenvalue weighted by Crippen LogP contribution is 2.21. The van der Waals surface area contributed by atoms with E-state index in [0.717, 1.165) is 35.5 Å². The first kappa shape index (κ1) is 22.2. The molecule has 1 amide bonds. The maximum atomic E-state index is 12.7. The number of aryl methyl sites for hydroxylation is 2. The first-order valence-electron chi connectivity index (χ1n) is 10.9. The molecule has 0 bridgehead atoms. The number of hydrogen-bond acceptors (Lipinski definition) is 4. The van der Waals surface area contributed by atoms with Gasteiger partial charge in [-0.05, 0) is 75.1 Å². The lowest BCUT2D eigenvalue weighted by molar-refractivity contribution is 0.0954. The zero-order chi connectivity index (χ0) is 22.7. The summed E-state index contributed by atoms with van der Waals surface area (Å²) in [6.45, 7) is 5.53. The van der Waals surface area contributed by atoms with Crippen molar-refractivity contribution < 1.29 is 13.2 Å². The van der Waals surface area contributed by atoms with E-state index in [1.807, 2.05) is 48.9 Å². The van der Waals surface area contributed by atoms with Gasteiger partial charge in [0.2, 0.25) is 10.0 Å². The van der Waals surface area contributed by atoms with Gasteiger partial charge in [-0.3, -0.25) is 4.79 Å². The fraction of sp³-hybridized carbons (Fsp3) is 0.333. The second-order valence-electron chi connectivity index (χ2n) is 8.15. The van der Waals surface area contributed by atoms with Gasteiger partial charge in [0.05, 0.1) is 16.3 Å². The Morgan fingerprint density at radius 2 is 1.75 bits per heavy atom. The van der Waals surface area contributed by atoms with Gasteiger partial charge in [-0.15, -0.1) is 0 Å². The fourth-order valence-electron chi connectivity index (χ4n) is 3.99. The van der Waals surface area contributed by atoms with Crippen molar-refractivity contribution in [2.75, 3.05) is 19.6 Å². The lowest BCUT2D eigenvalue weighted by Crippen LogP contribution is -2.29. The van der Waals surface area contributed by atoms with E-state index in [1.54, 1.807) is 18.2 Å². The van der Waals surface area contributed by atoms with Crippen LogP contribution < -0.4 is 5.32 Å². The summed E-state index contributed by atoms with van der Waals surface area (Å²) in [6, 6.07) is 16.4.